The van der Waals surface area contributed by atoms with Gasteiger partial charge in [-0.3, -0.25) is 9.69 Å². The number of carbonyl (C=O) groups is 1. The molecule has 4 nitrogen and oxygen atoms in total. The smallest absolute Gasteiger partial charge is 0.232 e. The largest absolute Gasteiger partial charge is 0.384 e. The van der Waals surface area contributed by atoms with Crippen LogP contribution in [0.15, 0.2) is 24.3 Å². The first-order valence-corrected chi connectivity index (χ1v) is 8.18. The highest BCUT2D eigenvalue weighted by molar-refractivity contribution is 5.88. The summed E-state index contributed by atoms with van der Waals surface area (Å²) in [5.74, 6) is 0.327. The fraction of sp³-hybridized carbons (Fsp3) is 0.588. The molecule has 112 valence electrons. The molecule has 2 unspecified atom stereocenters. The number of likely N-dealkylation sites (tertiary alicyclic amines) is 2. The van der Waals surface area contributed by atoms with Crippen LogP contribution in [0.1, 0.15) is 30.7 Å². The van der Waals surface area contributed by atoms with Gasteiger partial charge in [-0.1, -0.05) is 18.2 Å². The van der Waals surface area contributed by atoms with Crippen molar-refractivity contribution in [3.63, 3.8) is 0 Å². The van der Waals surface area contributed by atoms with E-state index in [9.17, 15) is 4.79 Å². The molecular formula is C17H23N3O. The van der Waals surface area contributed by atoms with E-state index in [4.69, 9.17) is 0 Å². The molecule has 0 spiro atoms. The van der Waals surface area contributed by atoms with Crippen molar-refractivity contribution in [2.75, 3.05) is 38.0 Å². The number of nitrogens with zero attached hydrogens (tertiary/aromatic N) is 2. The first-order valence-electron chi connectivity index (χ1n) is 8.18. The normalized spacial score (nSPS) is 28.7. The van der Waals surface area contributed by atoms with Crippen LogP contribution in [0.3, 0.4) is 0 Å². The number of hydrogen-bond donors (Lipinski definition) is 1. The minimum atomic E-state index is 0.0125. The van der Waals surface area contributed by atoms with Crippen molar-refractivity contribution in [3.8, 4) is 0 Å². The third-order valence-electron chi connectivity index (χ3n) is 5.26. The summed E-state index contributed by atoms with van der Waals surface area (Å²) in [6.07, 6.45) is 3.79. The van der Waals surface area contributed by atoms with Crippen LogP contribution in [0, 0.1) is 0 Å². The molecule has 3 heterocycles. The maximum atomic E-state index is 12.8. The molecule has 2 saturated heterocycles. The van der Waals surface area contributed by atoms with Gasteiger partial charge in [0.1, 0.15) is 0 Å². The van der Waals surface area contributed by atoms with E-state index in [0.717, 1.165) is 31.7 Å². The van der Waals surface area contributed by atoms with Gasteiger partial charge >= 0.3 is 0 Å². The Morgan fingerprint density at radius 3 is 2.81 bits per heavy atom. The highest BCUT2D eigenvalue weighted by Crippen LogP contribution is 2.33. The van der Waals surface area contributed by atoms with Gasteiger partial charge in [0, 0.05) is 31.4 Å². The van der Waals surface area contributed by atoms with Crippen LogP contribution >= 0.6 is 0 Å². The van der Waals surface area contributed by atoms with E-state index < -0.39 is 0 Å². The van der Waals surface area contributed by atoms with Crippen LogP contribution < -0.4 is 5.32 Å². The van der Waals surface area contributed by atoms with Gasteiger partial charge in [-0.2, -0.15) is 0 Å². The highest BCUT2D eigenvalue weighted by Gasteiger charge is 2.36. The van der Waals surface area contributed by atoms with Crippen LogP contribution in [0.4, 0.5) is 5.69 Å². The number of nitrogens with one attached hydrogen (secondary N) is 1. The van der Waals surface area contributed by atoms with Crippen molar-refractivity contribution in [1.82, 2.24) is 9.80 Å². The molecule has 3 aliphatic heterocycles. The molecule has 4 heteroatoms. The molecule has 21 heavy (non-hydrogen) atoms. The van der Waals surface area contributed by atoms with Gasteiger partial charge in [0.05, 0.1) is 5.92 Å². The number of rotatable bonds is 2. The van der Waals surface area contributed by atoms with E-state index in [1.54, 1.807) is 0 Å². The maximum absolute atomic E-state index is 12.8. The topological polar surface area (TPSA) is 35.6 Å². The lowest BCUT2D eigenvalue weighted by molar-refractivity contribution is -0.131. The lowest BCUT2D eigenvalue weighted by atomic mass is 10.00. The molecule has 1 aromatic rings. The maximum Gasteiger partial charge on any atom is 0.232 e. The standard InChI is InChI=1S/C17H23N3O/c21-17(15-11-18-16-6-2-1-5-14(15)16)20-10-7-13(12-20)19-8-3-4-9-19/h1-2,5-6,13,15,18H,3-4,7-12H2. The molecule has 1 N–H and O–H groups in total. The summed E-state index contributed by atoms with van der Waals surface area (Å²) in [6.45, 7) is 5.06. The van der Waals surface area contributed by atoms with Gasteiger partial charge in [0.25, 0.3) is 0 Å². The van der Waals surface area contributed by atoms with Gasteiger partial charge in [-0.15, -0.1) is 0 Å². The Kier molecular flexibility index (Phi) is 3.34. The Morgan fingerprint density at radius 1 is 1.14 bits per heavy atom. The number of benzene rings is 1. The van der Waals surface area contributed by atoms with E-state index in [2.05, 4.69) is 27.2 Å². The summed E-state index contributed by atoms with van der Waals surface area (Å²) in [5, 5.41) is 3.36. The molecule has 0 aromatic heterocycles. The van der Waals surface area contributed by atoms with Gasteiger partial charge in [-0.25, -0.2) is 0 Å². The summed E-state index contributed by atoms with van der Waals surface area (Å²) in [7, 11) is 0. The summed E-state index contributed by atoms with van der Waals surface area (Å²) < 4.78 is 0. The second-order valence-corrected chi connectivity index (χ2v) is 6.49. The van der Waals surface area contributed by atoms with E-state index in [-0.39, 0.29) is 5.92 Å². The van der Waals surface area contributed by atoms with Gasteiger partial charge < -0.3 is 10.2 Å². The number of carbonyl (C=O) groups excluding carboxylic acids is 1. The molecule has 4 rings (SSSR count). The lowest BCUT2D eigenvalue weighted by Crippen LogP contribution is -2.39. The monoisotopic (exact) mass is 285 g/mol. The SMILES string of the molecule is O=C(C1CNc2ccccc21)N1CCC(N2CCCC2)C1. The lowest BCUT2D eigenvalue weighted by Gasteiger charge is -2.25. The van der Waals surface area contributed by atoms with Crippen LogP contribution in [-0.2, 0) is 4.79 Å². The molecule has 0 radical (unpaired) electrons. The summed E-state index contributed by atoms with van der Waals surface area (Å²) in [4.78, 5) is 17.5. The Morgan fingerprint density at radius 2 is 1.95 bits per heavy atom. The molecule has 2 fully saturated rings. The van der Waals surface area contributed by atoms with E-state index in [0.29, 0.717) is 11.9 Å². The van der Waals surface area contributed by atoms with Crippen molar-refractivity contribution >= 4 is 11.6 Å². The van der Waals surface area contributed by atoms with Crippen LogP contribution in [0.25, 0.3) is 0 Å². The second-order valence-electron chi connectivity index (χ2n) is 6.49. The van der Waals surface area contributed by atoms with E-state index in [1.165, 1.54) is 31.5 Å². The summed E-state index contributed by atoms with van der Waals surface area (Å²) in [6, 6.07) is 8.81. The molecule has 1 aromatic carbocycles. The highest BCUT2D eigenvalue weighted by atomic mass is 16.2. The number of amides is 1. The predicted molar refractivity (Wildman–Crippen MR) is 83.5 cm³/mol. The molecule has 0 saturated carbocycles. The third-order valence-corrected chi connectivity index (χ3v) is 5.26. The molecule has 0 aliphatic carbocycles. The Hall–Kier alpha value is -1.55. The summed E-state index contributed by atoms with van der Waals surface area (Å²) in [5.41, 5.74) is 2.30. The van der Waals surface area contributed by atoms with E-state index in [1.807, 2.05) is 12.1 Å². The van der Waals surface area contributed by atoms with Crippen LogP contribution in [0.5, 0.6) is 0 Å². The van der Waals surface area contributed by atoms with E-state index >= 15 is 0 Å². The predicted octanol–water partition coefficient (Wildman–Crippen LogP) is 1.89. The summed E-state index contributed by atoms with van der Waals surface area (Å²) >= 11 is 0. The fourth-order valence-corrected chi connectivity index (χ4v) is 4.07. The van der Waals surface area contributed by atoms with Gasteiger partial charge in [0.2, 0.25) is 5.91 Å². The molecule has 2 atom stereocenters. The van der Waals surface area contributed by atoms with Gasteiger partial charge in [0.15, 0.2) is 0 Å². The first-order chi connectivity index (χ1) is 10.3. The molecule has 0 bridgehead atoms. The molecule has 3 aliphatic rings. The number of anilines is 1. The third kappa shape index (κ3) is 2.31. The number of para-hydroxylation sites is 1. The zero-order valence-corrected chi connectivity index (χ0v) is 12.4. The van der Waals surface area contributed by atoms with Crippen LogP contribution in [-0.4, -0.2) is 54.5 Å². The Balaban J connectivity index is 1.44. The zero-order valence-electron chi connectivity index (χ0n) is 12.4. The van der Waals surface area contributed by atoms with Crippen molar-refractivity contribution in [2.45, 2.75) is 31.2 Å². The first kappa shape index (κ1) is 13.1. The molecular weight excluding hydrogens is 262 g/mol. The number of hydrogen-bond acceptors (Lipinski definition) is 3. The minimum absolute atomic E-state index is 0.0125. The quantitative estimate of drug-likeness (QED) is 0.901. The average molecular weight is 285 g/mol. The fourth-order valence-electron chi connectivity index (χ4n) is 4.07. The second kappa shape index (κ2) is 5.34. The van der Waals surface area contributed by atoms with Gasteiger partial charge in [-0.05, 0) is 44.0 Å². The molecule has 1 amide bonds. The Bertz CT molecular complexity index is 539. The Labute approximate surface area is 126 Å². The average Bonchev–Trinajstić information content (AvgIpc) is 3.25. The van der Waals surface area contributed by atoms with Crippen molar-refractivity contribution in [2.24, 2.45) is 0 Å². The van der Waals surface area contributed by atoms with Crippen LogP contribution in [0.2, 0.25) is 0 Å². The zero-order chi connectivity index (χ0) is 14.2. The number of fused-ring (bicyclic) bond motifs is 1. The minimum Gasteiger partial charge on any atom is -0.384 e. The van der Waals surface area contributed by atoms with Crippen molar-refractivity contribution in [3.05, 3.63) is 29.8 Å². The van der Waals surface area contributed by atoms with Crippen molar-refractivity contribution in [1.29, 1.82) is 0 Å². The van der Waals surface area contributed by atoms with Crippen molar-refractivity contribution < 1.29 is 4.79 Å².